The molecule has 1 saturated carbocycles. The first-order valence-corrected chi connectivity index (χ1v) is 9.64. The number of ether oxygens (including phenoxy) is 2. The summed E-state index contributed by atoms with van der Waals surface area (Å²) in [5.74, 6) is -3.19. The van der Waals surface area contributed by atoms with E-state index >= 15 is 0 Å². The van der Waals surface area contributed by atoms with Gasteiger partial charge in [0.15, 0.2) is 0 Å². The van der Waals surface area contributed by atoms with Crippen LogP contribution in [0.4, 0.5) is 0 Å². The molecule has 0 spiro atoms. The van der Waals surface area contributed by atoms with Crippen molar-refractivity contribution in [3.05, 3.63) is 48.0 Å². The minimum atomic E-state index is -1.39. The number of methoxy groups -OCH3 is 2. The van der Waals surface area contributed by atoms with Gasteiger partial charge in [-0.2, -0.15) is 0 Å². The lowest BCUT2D eigenvalue weighted by atomic mass is 9.46. The molecular weight excluding hydrogens is 376 g/mol. The largest absolute Gasteiger partial charge is 0.481 e. The maximum Gasteiger partial charge on any atom is 0.334 e. The van der Waals surface area contributed by atoms with Crippen molar-refractivity contribution in [1.82, 2.24) is 0 Å². The van der Waals surface area contributed by atoms with Gasteiger partial charge in [0.05, 0.1) is 37.7 Å². The Bertz CT molecular complexity index is 851. The van der Waals surface area contributed by atoms with Gasteiger partial charge in [0.1, 0.15) is 5.41 Å². The van der Waals surface area contributed by atoms with Crippen LogP contribution in [0, 0.1) is 22.7 Å². The van der Waals surface area contributed by atoms with Crippen LogP contribution in [-0.2, 0) is 30.3 Å². The van der Waals surface area contributed by atoms with Crippen LogP contribution in [0.25, 0.3) is 0 Å². The average Bonchev–Trinajstić information content (AvgIpc) is 3.24. The second-order valence-corrected chi connectivity index (χ2v) is 7.81. The molecule has 1 fully saturated rings. The molecular formula is C22H26O7. The number of aryl methyl sites for hydroxylation is 1. The minimum Gasteiger partial charge on any atom is -0.481 e. The molecule has 2 aliphatic rings. The van der Waals surface area contributed by atoms with Gasteiger partial charge >= 0.3 is 17.9 Å². The predicted molar refractivity (Wildman–Crippen MR) is 103 cm³/mol. The van der Waals surface area contributed by atoms with E-state index in [0.29, 0.717) is 25.7 Å². The van der Waals surface area contributed by atoms with Crippen LogP contribution < -0.4 is 0 Å². The first kappa shape index (κ1) is 20.9. The molecule has 4 atom stereocenters. The van der Waals surface area contributed by atoms with E-state index in [4.69, 9.17) is 13.9 Å². The van der Waals surface area contributed by atoms with E-state index in [1.165, 1.54) is 20.3 Å². The van der Waals surface area contributed by atoms with Gasteiger partial charge in [0, 0.05) is 5.92 Å². The van der Waals surface area contributed by atoms with E-state index in [2.05, 4.69) is 0 Å². The van der Waals surface area contributed by atoms with Crippen molar-refractivity contribution in [2.45, 2.75) is 32.6 Å². The van der Waals surface area contributed by atoms with E-state index in [1.54, 1.807) is 30.7 Å². The summed E-state index contributed by atoms with van der Waals surface area (Å²) >= 11 is 0. The third kappa shape index (κ3) is 3.09. The van der Waals surface area contributed by atoms with Gasteiger partial charge < -0.3 is 19.0 Å². The lowest BCUT2D eigenvalue weighted by Crippen LogP contribution is -2.59. The molecule has 0 saturated heterocycles. The number of allylic oxidation sites excluding steroid dienone is 3. The number of carbonyl (C=O) groups excluding carboxylic acids is 2. The molecule has 3 rings (SSSR count). The number of hydrogen-bond acceptors (Lipinski definition) is 6. The van der Waals surface area contributed by atoms with Gasteiger partial charge in [-0.3, -0.25) is 9.59 Å². The summed E-state index contributed by atoms with van der Waals surface area (Å²) in [5.41, 5.74) is -1.61. The number of aliphatic carboxylic acids is 1. The Morgan fingerprint density at radius 2 is 2.03 bits per heavy atom. The number of rotatable bonds is 6. The van der Waals surface area contributed by atoms with Gasteiger partial charge in [-0.1, -0.05) is 25.2 Å². The van der Waals surface area contributed by atoms with Crippen molar-refractivity contribution in [1.29, 1.82) is 0 Å². The van der Waals surface area contributed by atoms with Gasteiger partial charge in [-0.05, 0) is 43.2 Å². The van der Waals surface area contributed by atoms with Crippen LogP contribution in [0.1, 0.15) is 31.7 Å². The molecule has 0 aliphatic heterocycles. The lowest BCUT2D eigenvalue weighted by Gasteiger charge is -2.54. The standard InChI is InChI=1S/C22H26O7/c1-14-7-10-22(20(26)28-3)16(18(23)27-2)5-4-6-17(22)21(14,19(24)25)11-8-15-9-12-29-13-15/h4-6,9,12-14,17H,7-8,10-11H2,1-3H3,(H,24,25)/t14-,17-,21-,22-/m1/s1. The molecule has 0 aromatic carbocycles. The number of carboxylic acid groups (broad SMARTS) is 1. The van der Waals surface area contributed by atoms with E-state index in [-0.39, 0.29) is 11.5 Å². The zero-order chi connectivity index (χ0) is 21.2. The van der Waals surface area contributed by atoms with E-state index in [9.17, 15) is 19.5 Å². The number of esters is 2. The number of carbonyl (C=O) groups is 3. The molecule has 1 aromatic heterocycles. The minimum absolute atomic E-state index is 0.153. The van der Waals surface area contributed by atoms with Crippen molar-refractivity contribution in [2.24, 2.45) is 22.7 Å². The fourth-order valence-corrected chi connectivity index (χ4v) is 5.17. The van der Waals surface area contributed by atoms with Crippen LogP contribution in [-0.4, -0.2) is 37.2 Å². The number of fused-ring (bicyclic) bond motifs is 1. The Morgan fingerprint density at radius 1 is 1.28 bits per heavy atom. The van der Waals surface area contributed by atoms with Crippen molar-refractivity contribution >= 4 is 17.9 Å². The maximum atomic E-state index is 13.1. The summed E-state index contributed by atoms with van der Waals surface area (Å²) in [5, 5.41) is 10.4. The molecule has 2 aliphatic carbocycles. The number of hydrogen-bond donors (Lipinski definition) is 1. The number of furan rings is 1. The lowest BCUT2D eigenvalue weighted by molar-refractivity contribution is -0.177. The molecule has 1 N–H and O–H groups in total. The Balaban J connectivity index is 2.15. The van der Waals surface area contributed by atoms with Gasteiger partial charge in [-0.15, -0.1) is 0 Å². The van der Waals surface area contributed by atoms with Crippen LogP contribution in [0.2, 0.25) is 0 Å². The zero-order valence-corrected chi connectivity index (χ0v) is 16.8. The molecule has 1 aromatic rings. The van der Waals surface area contributed by atoms with Gasteiger partial charge in [-0.25, -0.2) is 4.79 Å². The van der Waals surface area contributed by atoms with Crippen molar-refractivity contribution in [3.63, 3.8) is 0 Å². The SMILES string of the molecule is COC(=O)C1=CC=C[C@H]2[C@@]1(C(=O)OC)CC[C@@H](C)[C@@]2(CCc1ccoc1)C(=O)O. The summed E-state index contributed by atoms with van der Waals surface area (Å²) in [7, 11) is 2.50. The quantitative estimate of drug-likeness (QED) is 0.729. The maximum absolute atomic E-state index is 13.1. The second kappa shape index (κ2) is 7.89. The van der Waals surface area contributed by atoms with E-state index in [1.807, 2.05) is 6.92 Å². The molecule has 7 heteroatoms. The third-order valence-electron chi connectivity index (χ3n) is 6.74. The van der Waals surface area contributed by atoms with Gasteiger partial charge in [0.25, 0.3) is 0 Å². The van der Waals surface area contributed by atoms with Crippen LogP contribution in [0.15, 0.2) is 46.8 Å². The Kier molecular flexibility index (Phi) is 5.68. The van der Waals surface area contributed by atoms with Crippen molar-refractivity contribution in [2.75, 3.05) is 14.2 Å². The summed E-state index contributed by atoms with van der Waals surface area (Å²) in [6, 6.07) is 1.80. The van der Waals surface area contributed by atoms with Crippen molar-refractivity contribution < 1.29 is 33.4 Å². The highest BCUT2D eigenvalue weighted by molar-refractivity contribution is 6.00. The third-order valence-corrected chi connectivity index (χ3v) is 6.74. The van der Waals surface area contributed by atoms with Gasteiger partial charge in [0.2, 0.25) is 0 Å². The van der Waals surface area contributed by atoms with E-state index in [0.717, 1.165) is 5.56 Å². The molecule has 1 heterocycles. The molecule has 0 unspecified atom stereocenters. The molecule has 0 bridgehead atoms. The smallest absolute Gasteiger partial charge is 0.334 e. The highest BCUT2D eigenvalue weighted by Gasteiger charge is 2.65. The fourth-order valence-electron chi connectivity index (χ4n) is 5.17. The van der Waals surface area contributed by atoms with Crippen LogP contribution >= 0.6 is 0 Å². The summed E-state index contributed by atoms with van der Waals surface area (Å²) in [6.45, 7) is 1.90. The highest BCUT2D eigenvalue weighted by Crippen LogP contribution is 2.61. The zero-order valence-electron chi connectivity index (χ0n) is 16.8. The average molecular weight is 402 g/mol. The van der Waals surface area contributed by atoms with Crippen molar-refractivity contribution in [3.8, 4) is 0 Å². The topological polar surface area (TPSA) is 103 Å². The monoisotopic (exact) mass is 402 g/mol. The fraction of sp³-hybridized carbons (Fsp3) is 0.500. The molecule has 0 radical (unpaired) electrons. The second-order valence-electron chi connectivity index (χ2n) is 7.81. The predicted octanol–water partition coefficient (Wildman–Crippen LogP) is 3.16. The summed E-state index contributed by atoms with van der Waals surface area (Å²) in [6.07, 6.45) is 9.61. The normalized spacial score (nSPS) is 30.8. The first-order chi connectivity index (χ1) is 13.8. The Morgan fingerprint density at radius 3 is 2.62 bits per heavy atom. The highest BCUT2D eigenvalue weighted by atomic mass is 16.5. The molecule has 156 valence electrons. The van der Waals surface area contributed by atoms with Crippen LogP contribution in [0.3, 0.4) is 0 Å². The Labute approximate surface area is 169 Å². The van der Waals surface area contributed by atoms with E-state index < -0.39 is 34.7 Å². The molecule has 7 nitrogen and oxygen atoms in total. The first-order valence-electron chi connectivity index (χ1n) is 9.64. The molecule has 29 heavy (non-hydrogen) atoms. The molecule has 0 amide bonds. The summed E-state index contributed by atoms with van der Waals surface area (Å²) < 4.78 is 15.1. The Hall–Kier alpha value is -2.83. The number of carboxylic acids is 1. The van der Waals surface area contributed by atoms with Crippen LogP contribution in [0.5, 0.6) is 0 Å². The summed E-state index contributed by atoms with van der Waals surface area (Å²) in [4.78, 5) is 38.4.